The van der Waals surface area contributed by atoms with E-state index in [-0.39, 0.29) is 11.9 Å². The third-order valence-electron chi connectivity index (χ3n) is 2.99. The first kappa shape index (κ1) is 14.2. The van der Waals surface area contributed by atoms with Crippen LogP contribution in [0, 0.1) is 0 Å². The smallest absolute Gasteiger partial charge is 0.255 e. The highest BCUT2D eigenvalue weighted by atomic mass is 79.9. The Morgan fingerprint density at radius 1 is 1.53 bits per heavy atom. The Hall–Kier alpha value is -1.17. The zero-order valence-electron chi connectivity index (χ0n) is 10.4. The number of ether oxygens (including phenoxy) is 1. The minimum Gasteiger partial charge on any atom is -0.497 e. The van der Waals surface area contributed by atoms with E-state index in [0.29, 0.717) is 15.8 Å². The summed E-state index contributed by atoms with van der Waals surface area (Å²) < 4.78 is 30.8. The van der Waals surface area contributed by atoms with Crippen LogP contribution in [0.1, 0.15) is 23.2 Å². The molecule has 0 unspecified atom stereocenters. The molecule has 1 aromatic carbocycles. The number of carbonyl (C=O) groups is 1. The molecular formula is C13H14BrF2NO2. The van der Waals surface area contributed by atoms with Crippen LogP contribution < -0.4 is 4.74 Å². The number of rotatable bonds is 5. The Kier molecular flexibility index (Phi) is 4.39. The highest BCUT2D eigenvalue weighted by molar-refractivity contribution is 9.10. The standard InChI is InChI=1S/C13H14BrF2NO2/c1-19-9-4-5-11(14)10(6-9)13(18)17(7-12(15)16)8-2-3-8/h4-6,8,12H,2-3,7H2,1H3. The van der Waals surface area contributed by atoms with E-state index in [0.717, 1.165) is 12.8 Å². The molecule has 104 valence electrons. The molecule has 3 nitrogen and oxygen atoms in total. The Labute approximate surface area is 118 Å². The van der Waals surface area contributed by atoms with Crippen molar-refractivity contribution in [3.63, 3.8) is 0 Å². The summed E-state index contributed by atoms with van der Waals surface area (Å²) in [5, 5.41) is 0. The van der Waals surface area contributed by atoms with Gasteiger partial charge in [0.15, 0.2) is 0 Å². The highest BCUT2D eigenvalue weighted by Gasteiger charge is 2.35. The van der Waals surface area contributed by atoms with Crippen LogP contribution in [0.25, 0.3) is 0 Å². The fraction of sp³-hybridized carbons (Fsp3) is 0.462. The Bertz CT molecular complexity index is 478. The zero-order valence-corrected chi connectivity index (χ0v) is 12.0. The predicted molar refractivity (Wildman–Crippen MR) is 70.8 cm³/mol. The topological polar surface area (TPSA) is 29.5 Å². The van der Waals surface area contributed by atoms with Crippen LogP contribution in [0.4, 0.5) is 8.78 Å². The number of alkyl halides is 2. The number of amides is 1. The van der Waals surface area contributed by atoms with Crippen LogP contribution >= 0.6 is 15.9 Å². The molecule has 19 heavy (non-hydrogen) atoms. The predicted octanol–water partition coefficient (Wildman–Crippen LogP) is 3.33. The maximum Gasteiger partial charge on any atom is 0.255 e. The molecule has 1 fully saturated rings. The van der Waals surface area contributed by atoms with Crippen molar-refractivity contribution in [1.29, 1.82) is 0 Å². The lowest BCUT2D eigenvalue weighted by Crippen LogP contribution is -2.37. The van der Waals surface area contributed by atoms with E-state index in [4.69, 9.17) is 4.74 Å². The van der Waals surface area contributed by atoms with E-state index < -0.39 is 13.0 Å². The van der Waals surface area contributed by atoms with E-state index in [1.165, 1.54) is 12.0 Å². The number of carbonyl (C=O) groups excluding carboxylic acids is 1. The van der Waals surface area contributed by atoms with Crippen molar-refractivity contribution >= 4 is 21.8 Å². The van der Waals surface area contributed by atoms with Crippen LogP contribution in [0.2, 0.25) is 0 Å². The number of methoxy groups -OCH3 is 1. The van der Waals surface area contributed by atoms with Gasteiger partial charge in [-0.3, -0.25) is 4.79 Å². The first-order chi connectivity index (χ1) is 9.02. The Morgan fingerprint density at radius 2 is 2.21 bits per heavy atom. The minimum atomic E-state index is -2.52. The van der Waals surface area contributed by atoms with E-state index in [1.54, 1.807) is 18.2 Å². The lowest BCUT2D eigenvalue weighted by Gasteiger charge is -2.22. The van der Waals surface area contributed by atoms with Gasteiger partial charge in [-0.05, 0) is 47.0 Å². The third-order valence-corrected chi connectivity index (χ3v) is 3.68. The lowest BCUT2D eigenvalue weighted by molar-refractivity contribution is 0.0533. The molecule has 0 N–H and O–H groups in total. The number of hydrogen-bond acceptors (Lipinski definition) is 2. The Balaban J connectivity index is 2.25. The molecule has 1 saturated carbocycles. The van der Waals surface area contributed by atoms with Gasteiger partial charge in [0, 0.05) is 10.5 Å². The number of hydrogen-bond donors (Lipinski definition) is 0. The fourth-order valence-corrected chi connectivity index (χ4v) is 2.30. The normalized spacial score (nSPS) is 14.6. The molecule has 1 aliphatic rings. The molecule has 1 amide bonds. The molecule has 0 aromatic heterocycles. The zero-order chi connectivity index (χ0) is 14.0. The van der Waals surface area contributed by atoms with Gasteiger partial charge in [-0.2, -0.15) is 0 Å². The molecule has 0 aliphatic heterocycles. The Morgan fingerprint density at radius 3 is 2.74 bits per heavy atom. The summed E-state index contributed by atoms with van der Waals surface area (Å²) in [6.07, 6.45) is -0.936. The van der Waals surface area contributed by atoms with Crippen molar-refractivity contribution in [3.8, 4) is 5.75 Å². The van der Waals surface area contributed by atoms with Crippen molar-refractivity contribution in [2.45, 2.75) is 25.3 Å². The van der Waals surface area contributed by atoms with Crippen molar-refractivity contribution in [3.05, 3.63) is 28.2 Å². The second kappa shape index (κ2) is 5.86. The van der Waals surface area contributed by atoms with Gasteiger partial charge in [-0.25, -0.2) is 8.78 Å². The van der Waals surface area contributed by atoms with E-state index in [9.17, 15) is 13.6 Å². The quantitative estimate of drug-likeness (QED) is 0.827. The summed E-state index contributed by atoms with van der Waals surface area (Å²) in [5.74, 6) is 0.146. The van der Waals surface area contributed by atoms with Crippen LogP contribution in [-0.2, 0) is 0 Å². The van der Waals surface area contributed by atoms with Crippen molar-refractivity contribution in [2.75, 3.05) is 13.7 Å². The molecule has 6 heteroatoms. The lowest BCUT2D eigenvalue weighted by atomic mass is 10.2. The van der Waals surface area contributed by atoms with Gasteiger partial charge >= 0.3 is 0 Å². The van der Waals surface area contributed by atoms with Crippen molar-refractivity contribution in [2.24, 2.45) is 0 Å². The molecule has 1 aromatic rings. The second-order valence-corrected chi connectivity index (χ2v) is 5.28. The van der Waals surface area contributed by atoms with Crippen LogP contribution in [-0.4, -0.2) is 36.9 Å². The van der Waals surface area contributed by atoms with Gasteiger partial charge in [0.05, 0.1) is 19.2 Å². The summed E-state index contributed by atoms with van der Waals surface area (Å²) >= 11 is 3.27. The molecule has 2 rings (SSSR count). The third kappa shape index (κ3) is 3.43. The first-order valence-electron chi connectivity index (χ1n) is 5.95. The highest BCUT2D eigenvalue weighted by Crippen LogP contribution is 2.31. The molecule has 0 bridgehead atoms. The van der Waals surface area contributed by atoms with Gasteiger partial charge < -0.3 is 9.64 Å². The number of halogens is 3. The molecule has 0 radical (unpaired) electrons. The van der Waals surface area contributed by atoms with Gasteiger partial charge in [-0.1, -0.05) is 0 Å². The maximum absolute atomic E-state index is 12.6. The molecule has 0 spiro atoms. The van der Waals surface area contributed by atoms with Gasteiger partial charge in [0.1, 0.15) is 5.75 Å². The van der Waals surface area contributed by atoms with Gasteiger partial charge in [-0.15, -0.1) is 0 Å². The first-order valence-corrected chi connectivity index (χ1v) is 6.75. The van der Waals surface area contributed by atoms with E-state index in [2.05, 4.69) is 15.9 Å². The van der Waals surface area contributed by atoms with Crippen LogP contribution in [0.5, 0.6) is 5.75 Å². The van der Waals surface area contributed by atoms with Crippen molar-refractivity contribution in [1.82, 2.24) is 4.90 Å². The molecule has 0 atom stereocenters. The van der Waals surface area contributed by atoms with Crippen LogP contribution in [0.3, 0.4) is 0 Å². The molecule has 0 saturated heterocycles. The number of nitrogens with zero attached hydrogens (tertiary/aromatic N) is 1. The average Bonchev–Trinajstić information content (AvgIpc) is 3.20. The SMILES string of the molecule is COc1ccc(Br)c(C(=O)N(CC(F)F)C2CC2)c1. The number of benzene rings is 1. The van der Waals surface area contributed by atoms with Crippen molar-refractivity contribution < 1.29 is 18.3 Å². The fourth-order valence-electron chi connectivity index (χ4n) is 1.88. The van der Waals surface area contributed by atoms with Gasteiger partial charge in [0.2, 0.25) is 0 Å². The average molecular weight is 334 g/mol. The summed E-state index contributed by atoms with van der Waals surface area (Å²) in [7, 11) is 1.50. The van der Waals surface area contributed by atoms with Crippen LogP contribution in [0.15, 0.2) is 22.7 Å². The van der Waals surface area contributed by atoms with E-state index in [1.807, 2.05) is 0 Å². The molecule has 1 aliphatic carbocycles. The summed E-state index contributed by atoms with van der Waals surface area (Å²) in [6, 6.07) is 4.89. The summed E-state index contributed by atoms with van der Waals surface area (Å²) in [5.41, 5.74) is 0.354. The summed E-state index contributed by atoms with van der Waals surface area (Å²) in [6.45, 7) is -0.521. The van der Waals surface area contributed by atoms with E-state index >= 15 is 0 Å². The monoisotopic (exact) mass is 333 g/mol. The molecular weight excluding hydrogens is 320 g/mol. The summed E-state index contributed by atoms with van der Waals surface area (Å²) in [4.78, 5) is 13.6. The maximum atomic E-state index is 12.6. The molecule has 0 heterocycles. The van der Waals surface area contributed by atoms with Gasteiger partial charge in [0.25, 0.3) is 12.3 Å². The second-order valence-electron chi connectivity index (χ2n) is 4.43. The largest absolute Gasteiger partial charge is 0.497 e. The minimum absolute atomic E-state index is 0.0559.